The third-order valence-electron chi connectivity index (χ3n) is 3.87. The average molecular weight is 218 g/mol. The van der Waals surface area contributed by atoms with Crippen molar-refractivity contribution in [3.8, 4) is 0 Å². The molecule has 0 aliphatic heterocycles. The first-order valence-electron chi connectivity index (χ1n) is 6.49. The fourth-order valence-corrected chi connectivity index (χ4v) is 2.68. The summed E-state index contributed by atoms with van der Waals surface area (Å²) in [6, 6.07) is 8.85. The van der Waals surface area contributed by atoms with Crippen molar-refractivity contribution in [3.63, 3.8) is 0 Å². The van der Waals surface area contributed by atoms with Crippen LogP contribution in [0.2, 0.25) is 0 Å². The van der Waals surface area contributed by atoms with Crippen LogP contribution < -0.4 is 0 Å². The third-order valence-corrected chi connectivity index (χ3v) is 3.87. The minimum Gasteiger partial charge on any atom is -0.396 e. The highest BCUT2D eigenvalue weighted by Gasteiger charge is 2.19. The van der Waals surface area contributed by atoms with Gasteiger partial charge in [0.1, 0.15) is 0 Å². The summed E-state index contributed by atoms with van der Waals surface area (Å²) in [6.45, 7) is 2.61. The smallest absolute Gasteiger partial charge is 0.0471 e. The summed E-state index contributed by atoms with van der Waals surface area (Å²) >= 11 is 0. The maximum atomic E-state index is 8.87. The third kappa shape index (κ3) is 2.85. The van der Waals surface area contributed by atoms with E-state index in [1.54, 1.807) is 0 Å². The van der Waals surface area contributed by atoms with Crippen molar-refractivity contribution < 1.29 is 5.11 Å². The quantitative estimate of drug-likeness (QED) is 0.823. The van der Waals surface area contributed by atoms with Gasteiger partial charge in [-0.15, -0.1) is 0 Å². The minimum absolute atomic E-state index is 0.250. The van der Waals surface area contributed by atoms with Crippen molar-refractivity contribution >= 4 is 0 Å². The zero-order valence-electron chi connectivity index (χ0n) is 10.2. The van der Waals surface area contributed by atoms with Gasteiger partial charge in [0.05, 0.1) is 0 Å². The number of benzene rings is 1. The van der Waals surface area contributed by atoms with Crippen LogP contribution in [0.25, 0.3) is 0 Å². The second-order valence-electron chi connectivity index (χ2n) is 5.17. The molecule has 1 N–H and O–H groups in total. The molecule has 0 heterocycles. The molecule has 0 amide bonds. The standard InChI is InChI=1S/C15H22O/c1-12-2-6-14(7-3-12)15-8-4-13(5-9-15)10-11-16/h4-5,8-9,12,14,16H,2-3,6-7,10-11H2,1H3. The molecule has 88 valence electrons. The van der Waals surface area contributed by atoms with Crippen LogP contribution in [0.15, 0.2) is 24.3 Å². The molecule has 0 saturated heterocycles. The second kappa shape index (κ2) is 5.49. The van der Waals surface area contributed by atoms with Crippen LogP contribution in [-0.4, -0.2) is 11.7 Å². The highest BCUT2D eigenvalue weighted by Crippen LogP contribution is 2.35. The molecule has 1 aliphatic rings. The lowest BCUT2D eigenvalue weighted by Crippen LogP contribution is -2.10. The Morgan fingerprint density at radius 2 is 1.69 bits per heavy atom. The summed E-state index contributed by atoms with van der Waals surface area (Å²) < 4.78 is 0. The van der Waals surface area contributed by atoms with Crippen LogP contribution in [0.1, 0.15) is 49.7 Å². The molecule has 2 rings (SSSR count). The topological polar surface area (TPSA) is 20.2 Å². The predicted molar refractivity (Wildman–Crippen MR) is 67.6 cm³/mol. The van der Waals surface area contributed by atoms with Gasteiger partial charge in [0.15, 0.2) is 0 Å². The Balaban J connectivity index is 1.98. The summed E-state index contributed by atoms with van der Waals surface area (Å²) in [5.41, 5.74) is 2.74. The van der Waals surface area contributed by atoms with Crippen LogP contribution in [0.3, 0.4) is 0 Å². The normalized spacial score (nSPS) is 25.6. The number of rotatable bonds is 3. The van der Waals surface area contributed by atoms with Crippen molar-refractivity contribution in [2.45, 2.75) is 44.9 Å². The van der Waals surface area contributed by atoms with E-state index in [0.29, 0.717) is 0 Å². The lowest BCUT2D eigenvalue weighted by molar-refractivity contribution is 0.299. The fraction of sp³-hybridized carbons (Fsp3) is 0.600. The molecular weight excluding hydrogens is 196 g/mol. The molecule has 0 radical (unpaired) electrons. The van der Waals surface area contributed by atoms with Gasteiger partial charge in [-0.25, -0.2) is 0 Å². The molecule has 1 nitrogen and oxygen atoms in total. The number of hydrogen-bond acceptors (Lipinski definition) is 1. The van der Waals surface area contributed by atoms with E-state index in [0.717, 1.165) is 18.3 Å². The second-order valence-corrected chi connectivity index (χ2v) is 5.17. The molecule has 16 heavy (non-hydrogen) atoms. The van der Waals surface area contributed by atoms with Gasteiger partial charge in [-0.1, -0.05) is 44.0 Å². The van der Waals surface area contributed by atoms with Crippen molar-refractivity contribution in [1.29, 1.82) is 0 Å². The van der Waals surface area contributed by atoms with Crippen molar-refractivity contribution in [2.75, 3.05) is 6.61 Å². The zero-order valence-corrected chi connectivity index (χ0v) is 10.2. The molecule has 1 aromatic rings. The molecule has 0 unspecified atom stereocenters. The number of aliphatic hydroxyl groups excluding tert-OH is 1. The molecule has 0 aromatic heterocycles. The summed E-state index contributed by atoms with van der Waals surface area (Å²) in [6.07, 6.45) is 6.23. The van der Waals surface area contributed by atoms with E-state index in [-0.39, 0.29) is 6.61 Å². The average Bonchev–Trinajstić information content (AvgIpc) is 2.32. The molecule has 0 bridgehead atoms. The van der Waals surface area contributed by atoms with Crippen LogP contribution in [-0.2, 0) is 6.42 Å². The van der Waals surface area contributed by atoms with Gasteiger partial charge in [-0.3, -0.25) is 0 Å². The van der Waals surface area contributed by atoms with E-state index in [1.165, 1.54) is 36.8 Å². The molecular formula is C15H22O. The highest BCUT2D eigenvalue weighted by atomic mass is 16.2. The predicted octanol–water partition coefficient (Wildman–Crippen LogP) is 3.52. The summed E-state index contributed by atoms with van der Waals surface area (Å²) in [5, 5.41) is 8.87. The van der Waals surface area contributed by atoms with Crippen LogP contribution in [0, 0.1) is 5.92 Å². The molecule has 1 aromatic carbocycles. The summed E-state index contributed by atoms with van der Waals surface area (Å²) in [5.74, 6) is 1.70. The van der Waals surface area contributed by atoms with Crippen molar-refractivity contribution in [3.05, 3.63) is 35.4 Å². The monoisotopic (exact) mass is 218 g/mol. The Hall–Kier alpha value is -0.820. The Morgan fingerprint density at radius 3 is 2.25 bits per heavy atom. The number of aliphatic hydroxyl groups is 1. The van der Waals surface area contributed by atoms with Gasteiger partial charge in [0, 0.05) is 6.61 Å². The van der Waals surface area contributed by atoms with Crippen LogP contribution in [0.4, 0.5) is 0 Å². The first kappa shape index (κ1) is 11.7. The van der Waals surface area contributed by atoms with E-state index in [4.69, 9.17) is 5.11 Å². The first-order chi connectivity index (χ1) is 7.79. The van der Waals surface area contributed by atoms with E-state index in [2.05, 4.69) is 31.2 Å². The van der Waals surface area contributed by atoms with Crippen LogP contribution >= 0.6 is 0 Å². The van der Waals surface area contributed by atoms with Gasteiger partial charge in [0.25, 0.3) is 0 Å². The molecule has 1 fully saturated rings. The zero-order chi connectivity index (χ0) is 11.4. The minimum atomic E-state index is 0.250. The SMILES string of the molecule is CC1CCC(c2ccc(CCO)cc2)CC1. The van der Waals surface area contributed by atoms with E-state index >= 15 is 0 Å². The van der Waals surface area contributed by atoms with E-state index in [1.807, 2.05) is 0 Å². The molecule has 1 saturated carbocycles. The fourth-order valence-electron chi connectivity index (χ4n) is 2.68. The first-order valence-corrected chi connectivity index (χ1v) is 6.49. The van der Waals surface area contributed by atoms with Crippen LogP contribution in [0.5, 0.6) is 0 Å². The van der Waals surface area contributed by atoms with Gasteiger partial charge in [-0.2, -0.15) is 0 Å². The van der Waals surface area contributed by atoms with Crippen molar-refractivity contribution in [2.24, 2.45) is 5.92 Å². The Bertz CT molecular complexity index is 307. The summed E-state index contributed by atoms with van der Waals surface area (Å²) in [7, 11) is 0. The van der Waals surface area contributed by atoms with E-state index < -0.39 is 0 Å². The lowest BCUT2D eigenvalue weighted by Gasteiger charge is -2.26. The van der Waals surface area contributed by atoms with Gasteiger partial charge >= 0.3 is 0 Å². The van der Waals surface area contributed by atoms with Gasteiger partial charge in [-0.05, 0) is 42.2 Å². The maximum Gasteiger partial charge on any atom is 0.0471 e. The molecule has 1 heteroatoms. The summed E-state index contributed by atoms with van der Waals surface area (Å²) in [4.78, 5) is 0. The van der Waals surface area contributed by atoms with E-state index in [9.17, 15) is 0 Å². The molecule has 0 spiro atoms. The largest absolute Gasteiger partial charge is 0.396 e. The lowest BCUT2D eigenvalue weighted by atomic mass is 9.79. The molecule has 0 atom stereocenters. The Labute approximate surface area is 98.5 Å². The Morgan fingerprint density at radius 1 is 1.06 bits per heavy atom. The van der Waals surface area contributed by atoms with Gasteiger partial charge < -0.3 is 5.11 Å². The van der Waals surface area contributed by atoms with Crippen molar-refractivity contribution in [1.82, 2.24) is 0 Å². The molecule has 1 aliphatic carbocycles. The maximum absolute atomic E-state index is 8.87. The number of hydrogen-bond donors (Lipinski definition) is 1. The highest BCUT2D eigenvalue weighted by molar-refractivity contribution is 5.25. The van der Waals surface area contributed by atoms with Gasteiger partial charge in [0.2, 0.25) is 0 Å². The Kier molecular flexibility index (Phi) is 4.00.